The van der Waals surface area contributed by atoms with Gasteiger partial charge in [-0.05, 0) is 59.5 Å². The lowest BCUT2D eigenvalue weighted by Crippen LogP contribution is -2.53. The number of aromatic nitrogens is 1. The predicted molar refractivity (Wildman–Crippen MR) is 187 cm³/mol. The van der Waals surface area contributed by atoms with E-state index in [2.05, 4.69) is 10.4 Å². The Labute approximate surface area is 314 Å². The molecule has 3 aromatic carbocycles. The zero-order chi connectivity index (χ0) is 38.4. The van der Waals surface area contributed by atoms with Crippen LogP contribution in [-0.2, 0) is 35.5 Å². The van der Waals surface area contributed by atoms with E-state index in [1.54, 1.807) is 60.7 Å². The predicted octanol–water partition coefficient (Wildman–Crippen LogP) is 7.02. The molecule has 4 aromatic rings. The lowest BCUT2D eigenvalue weighted by Gasteiger charge is -2.51. The molecule has 3 heterocycles. The summed E-state index contributed by atoms with van der Waals surface area (Å²) in [7, 11) is 1.05. The second-order valence-corrected chi connectivity index (χ2v) is 14.5. The summed E-state index contributed by atoms with van der Waals surface area (Å²) in [6.07, 6.45) is -3.74. The van der Waals surface area contributed by atoms with Gasteiger partial charge in [0.15, 0.2) is 5.82 Å². The smallest absolute Gasteiger partial charge is 0.423 e. The number of amides is 5. The van der Waals surface area contributed by atoms with E-state index in [0.29, 0.717) is 54.7 Å². The standard InChI is InChI=1S/C38H27Cl2F3N4O7/c1-54-36(53)46-32(49)24-11-10-23-25(29(24)34(46)51)15-26-33(50)47(45-31-27(40)14-18(16-44-31)38(41,42)43)35(52)37(26,17-6-8-19(39)9-7-17)30(23)22-12-13-28(48)21-5-3-2-4-20(21)22/h2-10,12-14,16,24-26,29-30,48H,11,15H2,1H3,(H,44,45). The van der Waals surface area contributed by atoms with Gasteiger partial charge in [0.2, 0.25) is 11.8 Å². The summed E-state index contributed by atoms with van der Waals surface area (Å²) < 4.78 is 45.2. The van der Waals surface area contributed by atoms with Crippen LogP contribution in [0.5, 0.6) is 5.75 Å². The third kappa shape index (κ3) is 5.03. The van der Waals surface area contributed by atoms with Gasteiger partial charge < -0.3 is 9.84 Å². The van der Waals surface area contributed by atoms with Crippen molar-refractivity contribution in [1.82, 2.24) is 14.9 Å². The number of rotatable bonds is 4. The van der Waals surface area contributed by atoms with Crippen molar-refractivity contribution >= 4 is 69.5 Å². The van der Waals surface area contributed by atoms with Crippen LogP contribution in [0.4, 0.5) is 23.8 Å². The van der Waals surface area contributed by atoms with Gasteiger partial charge in [0.1, 0.15) is 5.75 Å². The summed E-state index contributed by atoms with van der Waals surface area (Å²) in [6, 6.07) is 16.9. The van der Waals surface area contributed by atoms with Gasteiger partial charge in [-0.25, -0.2) is 9.78 Å². The topological polar surface area (TPSA) is 146 Å². The van der Waals surface area contributed by atoms with Crippen molar-refractivity contribution in [3.8, 4) is 5.75 Å². The maximum atomic E-state index is 15.4. The quantitative estimate of drug-likeness (QED) is 0.165. The van der Waals surface area contributed by atoms with Crippen molar-refractivity contribution in [2.45, 2.75) is 30.4 Å². The van der Waals surface area contributed by atoms with E-state index in [1.807, 2.05) is 0 Å². The summed E-state index contributed by atoms with van der Waals surface area (Å²) >= 11 is 12.6. The highest BCUT2D eigenvalue weighted by molar-refractivity contribution is 6.33. The van der Waals surface area contributed by atoms with Gasteiger partial charge in [0, 0.05) is 22.5 Å². The van der Waals surface area contributed by atoms with Crippen LogP contribution < -0.4 is 5.43 Å². The molecule has 0 radical (unpaired) electrons. The molecule has 2 saturated heterocycles. The number of imide groups is 4. The minimum Gasteiger partial charge on any atom is -0.507 e. The number of aromatic hydroxyl groups is 1. The Hall–Kier alpha value is -5.47. The van der Waals surface area contributed by atoms with E-state index in [9.17, 15) is 37.5 Å². The first-order valence-electron chi connectivity index (χ1n) is 16.7. The van der Waals surface area contributed by atoms with Crippen LogP contribution >= 0.6 is 23.2 Å². The molecule has 2 aliphatic carbocycles. The van der Waals surface area contributed by atoms with Gasteiger partial charge in [-0.1, -0.05) is 77.3 Å². The van der Waals surface area contributed by atoms with Crippen LogP contribution in [0, 0.1) is 23.7 Å². The fraction of sp³-hybridized carbons (Fsp3) is 0.263. The molecule has 0 bridgehead atoms. The minimum absolute atomic E-state index is 0.0254. The van der Waals surface area contributed by atoms with Gasteiger partial charge in [-0.2, -0.15) is 23.1 Å². The molecule has 1 saturated carbocycles. The van der Waals surface area contributed by atoms with Gasteiger partial charge >= 0.3 is 12.3 Å². The highest BCUT2D eigenvalue weighted by atomic mass is 35.5. The number of alkyl halides is 3. The van der Waals surface area contributed by atoms with Crippen molar-refractivity contribution in [2.75, 3.05) is 12.5 Å². The third-order valence-electron chi connectivity index (χ3n) is 11.2. The maximum Gasteiger partial charge on any atom is 0.423 e. The van der Waals surface area contributed by atoms with Crippen LogP contribution in [0.25, 0.3) is 10.8 Å². The number of anilines is 1. The molecular formula is C38H27Cl2F3N4O7. The van der Waals surface area contributed by atoms with Crippen LogP contribution in [0.1, 0.15) is 35.4 Å². The molecule has 2 aliphatic heterocycles. The molecule has 0 spiro atoms. The van der Waals surface area contributed by atoms with Crippen molar-refractivity contribution in [1.29, 1.82) is 0 Å². The Kier molecular flexibility index (Phi) is 8.27. The number of hydrazine groups is 1. The number of halogens is 5. The van der Waals surface area contributed by atoms with E-state index in [1.165, 1.54) is 6.07 Å². The number of pyridine rings is 1. The third-order valence-corrected chi connectivity index (χ3v) is 11.7. The fourth-order valence-electron chi connectivity index (χ4n) is 8.96. The summed E-state index contributed by atoms with van der Waals surface area (Å²) in [6.45, 7) is 0. The fourth-order valence-corrected chi connectivity index (χ4v) is 9.29. The number of ether oxygens (including phenoxy) is 1. The molecule has 5 amide bonds. The maximum absolute atomic E-state index is 15.4. The summed E-state index contributed by atoms with van der Waals surface area (Å²) in [5.41, 5.74) is 1.07. The van der Waals surface area contributed by atoms with Gasteiger partial charge in [0.25, 0.3) is 11.8 Å². The number of hydrogen-bond acceptors (Lipinski definition) is 9. The average Bonchev–Trinajstić information content (AvgIpc) is 3.53. The molecule has 1 aromatic heterocycles. The molecule has 3 fully saturated rings. The first-order chi connectivity index (χ1) is 25.7. The number of benzene rings is 3. The van der Waals surface area contributed by atoms with E-state index in [-0.39, 0.29) is 18.6 Å². The molecule has 4 aliphatic rings. The van der Waals surface area contributed by atoms with Crippen molar-refractivity contribution in [3.05, 3.63) is 111 Å². The lowest BCUT2D eigenvalue weighted by molar-refractivity contribution is -0.140. The van der Waals surface area contributed by atoms with Crippen LogP contribution in [0.2, 0.25) is 10.0 Å². The van der Waals surface area contributed by atoms with Crippen molar-refractivity contribution in [2.24, 2.45) is 23.7 Å². The van der Waals surface area contributed by atoms with E-state index >= 15 is 4.79 Å². The molecule has 6 unspecified atom stereocenters. The van der Waals surface area contributed by atoms with Crippen LogP contribution in [0.3, 0.4) is 0 Å². The molecule has 11 nitrogen and oxygen atoms in total. The molecule has 2 N–H and O–H groups in total. The summed E-state index contributed by atoms with van der Waals surface area (Å²) in [4.78, 5) is 74.7. The Balaban J connectivity index is 1.37. The van der Waals surface area contributed by atoms with E-state index in [0.717, 1.165) is 7.11 Å². The second kappa shape index (κ2) is 12.6. The largest absolute Gasteiger partial charge is 0.507 e. The SMILES string of the molecule is COC(=O)N1C(=O)C2CC=C3C(CC4C(=O)N(Nc5ncc(C(F)(F)F)cc5Cl)C(=O)C4(c4ccc(Cl)cc4)C3c3ccc(O)c4ccccc34)C2C1=O. The zero-order valence-electron chi connectivity index (χ0n) is 27.9. The van der Waals surface area contributed by atoms with Crippen molar-refractivity contribution < 1.29 is 47.0 Å². The Morgan fingerprint density at radius 3 is 2.33 bits per heavy atom. The molecule has 6 atom stereocenters. The molecular weight excluding hydrogens is 752 g/mol. The number of fused-ring (bicyclic) bond motifs is 5. The summed E-state index contributed by atoms with van der Waals surface area (Å²) in [5.74, 6) is -8.79. The van der Waals surface area contributed by atoms with Crippen LogP contribution in [0.15, 0.2) is 84.6 Å². The number of nitrogens with zero attached hydrogens (tertiary/aromatic N) is 3. The van der Waals surface area contributed by atoms with E-state index < -0.39 is 87.3 Å². The number of nitrogens with one attached hydrogen (secondary N) is 1. The number of allylic oxidation sites excluding steroid dienone is 2. The highest BCUT2D eigenvalue weighted by Gasteiger charge is 2.71. The lowest BCUT2D eigenvalue weighted by atomic mass is 9.49. The monoisotopic (exact) mass is 778 g/mol. The minimum atomic E-state index is -4.77. The highest BCUT2D eigenvalue weighted by Crippen LogP contribution is 2.65. The van der Waals surface area contributed by atoms with Gasteiger partial charge in [-0.3, -0.25) is 24.6 Å². The van der Waals surface area contributed by atoms with Crippen molar-refractivity contribution in [3.63, 3.8) is 0 Å². The molecule has 8 rings (SSSR count). The Bertz CT molecular complexity index is 2350. The normalized spacial score (nSPS) is 26.4. The number of phenolic OH excluding ortho intramolecular Hbond substituents is 1. The van der Waals surface area contributed by atoms with E-state index in [4.69, 9.17) is 27.9 Å². The van der Waals surface area contributed by atoms with Crippen LogP contribution in [-0.4, -0.2) is 56.8 Å². The molecule has 54 heavy (non-hydrogen) atoms. The second-order valence-electron chi connectivity index (χ2n) is 13.6. The first-order valence-corrected chi connectivity index (χ1v) is 17.5. The number of likely N-dealkylation sites (tertiary alicyclic amines) is 1. The number of carbonyl (C=O) groups excluding carboxylic acids is 5. The van der Waals surface area contributed by atoms with Gasteiger partial charge in [-0.15, -0.1) is 0 Å². The number of methoxy groups -OCH3 is 1. The Morgan fingerprint density at radius 2 is 1.67 bits per heavy atom. The number of carbonyl (C=O) groups is 5. The summed E-state index contributed by atoms with van der Waals surface area (Å²) in [5, 5.41) is 12.4. The molecule has 16 heteroatoms. The number of phenols is 1. The molecule has 276 valence electrons. The number of hydrogen-bond donors (Lipinski definition) is 2. The average molecular weight is 780 g/mol. The van der Waals surface area contributed by atoms with Gasteiger partial charge in [0.05, 0.1) is 40.9 Å². The first kappa shape index (κ1) is 35.6. The Morgan fingerprint density at radius 1 is 0.963 bits per heavy atom. The zero-order valence-corrected chi connectivity index (χ0v) is 29.4.